The van der Waals surface area contributed by atoms with Crippen LogP contribution >= 0.6 is 7.37 Å². The van der Waals surface area contributed by atoms with Gasteiger partial charge in [0.15, 0.2) is 0 Å². The van der Waals surface area contributed by atoms with Gasteiger partial charge >= 0.3 is 0 Å². The molecule has 0 bridgehead atoms. The van der Waals surface area contributed by atoms with Crippen LogP contribution in [0.25, 0.3) is 0 Å². The highest BCUT2D eigenvalue weighted by Crippen LogP contribution is 2.47. The molecule has 1 aromatic carbocycles. The van der Waals surface area contributed by atoms with Crippen LogP contribution in [0.15, 0.2) is 18.2 Å². The molecule has 0 fully saturated rings. The van der Waals surface area contributed by atoms with Crippen molar-refractivity contribution in [2.24, 2.45) is 0 Å². The van der Waals surface area contributed by atoms with Crippen molar-refractivity contribution in [1.82, 2.24) is 0 Å². The summed E-state index contributed by atoms with van der Waals surface area (Å²) in [7, 11) is -6.44. The van der Waals surface area contributed by atoms with Gasteiger partial charge in [-0.2, -0.15) is 0 Å². The Morgan fingerprint density at radius 2 is 2.00 bits per heavy atom. The van der Waals surface area contributed by atoms with Gasteiger partial charge in [-0.1, -0.05) is 6.92 Å². The van der Waals surface area contributed by atoms with Crippen LogP contribution in [0.4, 0.5) is 11.4 Å². The van der Waals surface area contributed by atoms with Crippen molar-refractivity contribution < 1.29 is 17.5 Å². The van der Waals surface area contributed by atoms with Gasteiger partial charge < -0.3 is 10.3 Å². The minimum atomic E-state index is -3.39. The molecule has 0 aliphatic heterocycles. The van der Waals surface area contributed by atoms with Gasteiger partial charge in [-0.05, 0) is 25.1 Å². The normalized spacial score (nSPS) is 14.9. The number of sulfonamides is 1. The lowest BCUT2D eigenvalue weighted by Gasteiger charge is -2.19. The first kappa shape index (κ1) is 16.0. The van der Waals surface area contributed by atoms with Gasteiger partial charge in [0.05, 0.1) is 18.2 Å². The standard InChI is InChI=1S/C11H19N2O4PS/c1-4-17-18(14,5-2)11-8-9(6-7-10(11)12)13-19(3,15)16/h6-8,13H,4-5,12H2,1-3H3. The van der Waals surface area contributed by atoms with Crippen molar-refractivity contribution in [2.75, 3.05) is 29.5 Å². The Morgan fingerprint density at radius 1 is 1.37 bits per heavy atom. The number of hydrogen-bond acceptors (Lipinski definition) is 5. The van der Waals surface area contributed by atoms with Crippen LogP contribution in [0, 0.1) is 0 Å². The average molecular weight is 306 g/mol. The Balaban J connectivity index is 3.27. The molecule has 0 aromatic heterocycles. The lowest BCUT2D eigenvalue weighted by molar-refractivity contribution is 0.341. The third-order valence-corrected chi connectivity index (χ3v) is 5.69. The summed E-state index contributed by atoms with van der Waals surface area (Å²) in [5.74, 6) is 0. The summed E-state index contributed by atoms with van der Waals surface area (Å²) in [5.41, 5.74) is 6.47. The van der Waals surface area contributed by atoms with Gasteiger partial charge in [0, 0.05) is 17.5 Å². The lowest BCUT2D eigenvalue weighted by Crippen LogP contribution is -2.17. The molecule has 1 unspecified atom stereocenters. The Morgan fingerprint density at radius 3 is 2.47 bits per heavy atom. The molecule has 0 aliphatic carbocycles. The highest BCUT2D eigenvalue weighted by atomic mass is 32.2. The van der Waals surface area contributed by atoms with Gasteiger partial charge in [0.1, 0.15) is 0 Å². The summed E-state index contributed by atoms with van der Waals surface area (Å²) in [6.07, 6.45) is 1.35. The molecule has 0 saturated heterocycles. The molecule has 6 nitrogen and oxygen atoms in total. The number of hydrogen-bond donors (Lipinski definition) is 2. The summed E-state index contributed by atoms with van der Waals surface area (Å²) in [6.45, 7) is 3.79. The third kappa shape index (κ3) is 4.23. The molecule has 0 radical (unpaired) electrons. The number of nitrogens with one attached hydrogen (secondary N) is 1. The molecule has 0 saturated carbocycles. The molecule has 1 atom stereocenters. The van der Waals surface area contributed by atoms with Crippen molar-refractivity contribution in [3.8, 4) is 0 Å². The van der Waals surface area contributed by atoms with Crippen LogP contribution in [0.2, 0.25) is 0 Å². The fourth-order valence-corrected chi connectivity index (χ4v) is 4.09. The van der Waals surface area contributed by atoms with Crippen LogP contribution in [0.5, 0.6) is 0 Å². The smallest absolute Gasteiger partial charge is 0.233 e. The highest BCUT2D eigenvalue weighted by Gasteiger charge is 2.26. The average Bonchev–Trinajstić information content (AvgIpc) is 2.30. The monoisotopic (exact) mass is 306 g/mol. The Bertz CT molecular complexity index is 601. The number of nitrogen functional groups attached to an aromatic ring is 1. The van der Waals surface area contributed by atoms with E-state index in [0.717, 1.165) is 6.26 Å². The van der Waals surface area contributed by atoms with E-state index in [4.69, 9.17) is 10.3 Å². The zero-order chi connectivity index (χ0) is 14.7. The Hall–Kier alpha value is -1.04. The molecule has 108 valence electrons. The van der Waals surface area contributed by atoms with E-state index in [2.05, 4.69) is 4.72 Å². The second-order valence-corrected chi connectivity index (χ2v) is 8.52. The third-order valence-electron chi connectivity index (χ3n) is 2.45. The maximum absolute atomic E-state index is 12.6. The zero-order valence-corrected chi connectivity index (χ0v) is 12.9. The second kappa shape index (κ2) is 5.94. The number of anilines is 2. The van der Waals surface area contributed by atoms with Crippen molar-refractivity contribution in [2.45, 2.75) is 13.8 Å². The molecule has 1 rings (SSSR count). The summed E-state index contributed by atoms with van der Waals surface area (Å²) < 4.78 is 42.7. The quantitative estimate of drug-likeness (QED) is 0.614. The Kier molecular flexibility index (Phi) is 5.01. The first-order valence-electron chi connectivity index (χ1n) is 5.83. The molecule has 1 aromatic rings. The van der Waals surface area contributed by atoms with Crippen molar-refractivity contribution in [1.29, 1.82) is 0 Å². The van der Waals surface area contributed by atoms with Crippen molar-refractivity contribution in [3.63, 3.8) is 0 Å². The van der Waals surface area contributed by atoms with Crippen LogP contribution in [0.3, 0.4) is 0 Å². The first-order valence-corrected chi connectivity index (χ1v) is 9.53. The number of benzene rings is 1. The van der Waals surface area contributed by atoms with Gasteiger partial charge in [-0.3, -0.25) is 9.29 Å². The first-order chi connectivity index (χ1) is 8.72. The maximum Gasteiger partial charge on any atom is 0.233 e. The molecular formula is C11H19N2O4PS. The second-order valence-electron chi connectivity index (χ2n) is 4.06. The molecule has 19 heavy (non-hydrogen) atoms. The maximum atomic E-state index is 12.6. The Labute approximate surface area is 113 Å². The van der Waals surface area contributed by atoms with Crippen LogP contribution in [-0.4, -0.2) is 27.4 Å². The van der Waals surface area contributed by atoms with E-state index < -0.39 is 17.4 Å². The van der Waals surface area contributed by atoms with E-state index in [-0.39, 0.29) is 0 Å². The van der Waals surface area contributed by atoms with E-state index >= 15 is 0 Å². The molecule has 3 N–H and O–H groups in total. The number of nitrogens with two attached hydrogens (primary N) is 1. The van der Waals surface area contributed by atoms with Crippen molar-refractivity contribution >= 4 is 34.1 Å². The zero-order valence-electron chi connectivity index (χ0n) is 11.2. The predicted octanol–water partition coefficient (Wildman–Crippen LogP) is 1.60. The van der Waals surface area contributed by atoms with E-state index in [1.165, 1.54) is 18.2 Å². The van der Waals surface area contributed by atoms with Gasteiger partial charge in [0.2, 0.25) is 17.4 Å². The molecule has 0 heterocycles. The highest BCUT2D eigenvalue weighted by molar-refractivity contribution is 7.92. The molecular weight excluding hydrogens is 287 g/mol. The predicted molar refractivity (Wildman–Crippen MR) is 78.7 cm³/mol. The minimum Gasteiger partial charge on any atom is -0.398 e. The lowest BCUT2D eigenvalue weighted by atomic mass is 10.3. The van der Waals surface area contributed by atoms with E-state index in [9.17, 15) is 13.0 Å². The van der Waals surface area contributed by atoms with E-state index in [0.29, 0.717) is 29.4 Å². The van der Waals surface area contributed by atoms with Crippen LogP contribution in [-0.2, 0) is 19.1 Å². The van der Waals surface area contributed by atoms with E-state index in [1.54, 1.807) is 13.8 Å². The largest absolute Gasteiger partial charge is 0.398 e. The SMILES string of the molecule is CCOP(=O)(CC)c1cc(NS(C)(=O)=O)ccc1N. The number of rotatable bonds is 6. The molecule has 0 amide bonds. The topological polar surface area (TPSA) is 98.5 Å². The molecule has 0 aliphatic rings. The summed E-state index contributed by atoms with van der Waals surface area (Å²) >= 11 is 0. The summed E-state index contributed by atoms with van der Waals surface area (Å²) in [6, 6.07) is 4.51. The minimum absolute atomic E-state index is 0.299. The summed E-state index contributed by atoms with van der Waals surface area (Å²) in [4.78, 5) is 0. The van der Waals surface area contributed by atoms with Crippen LogP contribution < -0.4 is 15.8 Å². The van der Waals surface area contributed by atoms with Gasteiger partial charge in [0.25, 0.3) is 0 Å². The molecule has 8 heteroatoms. The summed E-state index contributed by atoms with van der Waals surface area (Å²) in [5, 5.41) is 0.352. The van der Waals surface area contributed by atoms with Crippen molar-refractivity contribution in [3.05, 3.63) is 18.2 Å². The van der Waals surface area contributed by atoms with Gasteiger partial charge in [-0.25, -0.2) is 8.42 Å². The fourth-order valence-electron chi connectivity index (χ4n) is 1.66. The fraction of sp³-hybridized carbons (Fsp3) is 0.455. The van der Waals surface area contributed by atoms with E-state index in [1.807, 2.05) is 0 Å². The van der Waals surface area contributed by atoms with Gasteiger partial charge in [-0.15, -0.1) is 0 Å². The molecule has 0 spiro atoms. The van der Waals surface area contributed by atoms with Crippen LogP contribution in [0.1, 0.15) is 13.8 Å².